The van der Waals surface area contributed by atoms with Gasteiger partial charge in [0.2, 0.25) is 0 Å². The number of hydrogen-bond donors (Lipinski definition) is 2. The van der Waals surface area contributed by atoms with Crippen LogP contribution in [0.5, 0.6) is 0 Å². The van der Waals surface area contributed by atoms with Crippen molar-refractivity contribution in [1.82, 2.24) is 14.3 Å². The molecule has 2 rings (SSSR count). The van der Waals surface area contributed by atoms with Crippen LogP contribution in [0.3, 0.4) is 0 Å². The lowest BCUT2D eigenvalue weighted by molar-refractivity contribution is 0.283. The van der Waals surface area contributed by atoms with Crippen LogP contribution in [-0.2, 0) is 10.2 Å². The predicted molar refractivity (Wildman–Crippen MR) is 63.3 cm³/mol. The monoisotopic (exact) mass is 247 g/mol. The maximum atomic E-state index is 12.0. The topological polar surface area (TPSA) is 61.4 Å². The van der Waals surface area contributed by atoms with Gasteiger partial charge >= 0.3 is 0 Å². The minimum atomic E-state index is -3.25. The van der Waals surface area contributed by atoms with Gasteiger partial charge in [-0.3, -0.25) is 0 Å². The van der Waals surface area contributed by atoms with E-state index in [0.29, 0.717) is 19.0 Å². The molecular weight excluding hydrogens is 226 g/mol. The van der Waals surface area contributed by atoms with Crippen LogP contribution in [0.25, 0.3) is 0 Å². The molecule has 0 saturated carbocycles. The van der Waals surface area contributed by atoms with Gasteiger partial charge in [-0.25, -0.2) is 0 Å². The van der Waals surface area contributed by atoms with E-state index in [9.17, 15) is 8.42 Å². The quantitative estimate of drug-likeness (QED) is 0.733. The lowest BCUT2D eigenvalue weighted by Crippen LogP contribution is -2.48. The summed E-state index contributed by atoms with van der Waals surface area (Å²) < 4.78 is 28.4. The van der Waals surface area contributed by atoms with Crippen LogP contribution >= 0.6 is 0 Å². The van der Waals surface area contributed by atoms with Crippen molar-refractivity contribution in [3.05, 3.63) is 0 Å². The minimum absolute atomic E-state index is 0.0735. The molecule has 1 atom stereocenters. The van der Waals surface area contributed by atoms with Gasteiger partial charge in [0.15, 0.2) is 0 Å². The van der Waals surface area contributed by atoms with Gasteiger partial charge in [-0.15, -0.1) is 0 Å². The van der Waals surface area contributed by atoms with E-state index in [1.54, 1.807) is 4.31 Å². The Kier molecular flexibility index (Phi) is 3.84. The average molecular weight is 247 g/mol. The summed E-state index contributed by atoms with van der Waals surface area (Å²) >= 11 is 0. The molecule has 2 fully saturated rings. The van der Waals surface area contributed by atoms with E-state index in [4.69, 9.17) is 0 Å². The lowest BCUT2D eigenvalue weighted by Gasteiger charge is -2.30. The van der Waals surface area contributed by atoms with Crippen molar-refractivity contribution in [2.24, 2.45) is 5.92 Å². The number of rotatable bonds is 3. The van der Waals surface area contributed by atoms with Crippen molar-refractivity contribution in [2.75, 3.05) is 26.2 Å². The fourth-order valence-electron chi connectivity index (χ4n) is 2.27. The molecule has 0 aromatic heterocycles. The Bertz CT molecular complexity index is 317. The molecule has 6 heteroatoms. The number of piperidine rings is 1. The minimum Gasteiger partial charge on any atom is -0.315 e. The van der Waals surface area contributed by atoms with Gasteiger partial charge < -0.3 is 5.32 Å². The normalized spacial score (nSPS) is 29.7. The molecule has 0 aromatic carbocycles. The number of nitrogens with one attached hydrogen (secondary N) is 2. The Labute approximate surface area is 97.8 Å². The molecule has 0 aromatic rings. The molecule has 16 heavy (non-hydrogen) atoms. The fraction of sp³-hybridized carbons (Fsp3) is 1.00. The lowest BCUT2D eigenvalue weighted by atomic mass is 10.0. The molecule has 0 amide bonds. The average Bonchev–Trinajstić information content (AvgIpc) is 2.70. The van der Waals surface area contributed by atoms with Gasteiger partial charge in [0.1, 0.15) is 0 Å². The molecule has 0 radical (unpaired) electrons. The van der Waals surface area contributed by atoms with Gasteiger partial charge in [-0.1, -0.05) is 6.92 Å². The van der Waals surface area contributed by atoms with Crippen molar-refractivity contribution >= 4 is 10.2 Å². The van der Waals surface area contributed by atoms with Crippen LogP contribution in [0, 0.1) is 5.92 Å². The molecule has 0 unspecified atom stereocenters. The molecule has 94 valence electrons. The van der Waals surface area contributed by atoms with E-state index in [0.717, 1.165) is 32.4 Å². The number of hydrogen-bond acceptors (Lipinski definition) is 3. The highest BCUT2D eigenvalue weighted by molar-refractivity contribution is 7.87. The molecule has 2 N–H and O–H groups in total. The Morgan fingerprint density at radius 1 is 1.25 bits per heavy atom. The zero-order valence-electron chi connectivity index (χ0n) is 9.78. The first kappa shape index (κ1) is 12.3. The first-order chi connectivity index (χ1) is 7.58. The van der Waals surface area contributed by atoms with Crippen LogP contribution in [0.4, 0.5) is 0 Å². The molecule has 2 saturated heterocycles. The molecule has 5 nitrogen and oxygen atoms in total. The van der Waals surface area contributed by atoms with E-state index in [1.165, 1.54) is 0 Å². The molecule has 2 aliphatic rings. The van der Waals surface area contributed by atoms with Crippen molar-refractivity contribution in [1.29, 1.82) is 0 Å². The Morgan fingerprint density at radius 2 is 1.94 bits per heavy atom. The highest BCUT2D eigenvalue weighted by atomic mass is 32.2. The van der Waals surface area contributed by atoms with Crippen LogP contribution in [-0.4, -0.2) is 44.9 Å². The first-order valence-electron chi connectivity index (χ1n) is 6.06. The molecular formula is C10H21N3O2S. The summed E-state index contributed by atoms with van der Waals surface area (Å²) in [6.45, 7) is 5.17. The van der Waals surface area contributed by atoms with Crippen molar-refractivity contribution in [3.63, 3.8) is 0 Å². The van der Waals surface area contributed by atoms with Crippen molar-refractivity contribution in [2.45, 2.75) is 32.2 Å². The Morgan fingerprint density at radius 3 is 2.50 bits per heavy atom. The van der Waals surface area contributed by atoms with E-state index < -0.39 is 10.2 Å². The summed E-state index contributed by atoms with van der Waals surface area (Å²) in [5.74, 6) is 0.652. The van der Waals surface area contributed by atoms with E-state index in [2.05, 4.69) is 17.0 Å². The third-order valence-corrected chi connectivity index (χ3v) is 5.13. The number of nitrogens with zero attached hydrogens (tertiary/aromatic N) is 1. The second kappa shape index (κ2) is 5.00. The van der Waals surface area contributed by atoms with Gasteiger partial charge in [-0.2, -0.15) is 17.4 Å². The van der Waals surface area contributed by atoms with Gasteiger partial charge in [0.05, 0.1) is 0 Å². The van der Waals surface area contributed by atoms with E-state index in [1.807, 2.05) is 0 Å². The van der Waals surface area contributed by atoms with Crippen molar-refractivity contribution in [3.8, 4) is 0 Å². The summed E-state index contributed by atoms with van der Waals surface area (Å²) in [6.07, 6.45) is 2.84. The Balaban J connectivity index is 1.90. The van der Waals surface area contributed by atoms with Crippen molar-refractivity contribution < 1.29 is 8.42 Å². The standard InChI is InChI=1S/C10H21N3O2S/c1-9-3-6-13(7-4-9)16(14,15)12-10-2-5-11-8-10/h9-12H,2-8H2,1H3/t10-/m1/s1. The maximum absolute atomic E-state index is 12.0. The van der Waals surface area contributed by atoms with Crippen LogP contribution in [0.15, 0.2) is 0 Å². The zero-order chi connectivity index (χ0) is 11.6. The molecule has 2 heterocycles. The fourth-order valence-corrected chi connectivity index (χ4v) is 3.73. The van der Waals surface area contributed by atoms with Gasteiger partial charge in [0.25, 0.3) is 10.2 Å². The zero-order valence-corrected chi connectivity index (χ0v) is 10.6. The SMILES string of the molecule is CC1CCN(S(=O)(=O)N[C@@H]2CCNC2)CC1. The maximum Gasteiger partial charge on any atom is 0.279 e. The first-order valence-corrected chi connectivity index (χ1v) is 7.50. The third-order valence-electron chi connectivity index (χ3n) is 3.46. The second-order valence-corrected chi connectivity index (χ2v) is 6.60. The van der Waals surface area contributed by atoms with E-state index in [-0.39, 0.29) is 6.04 Å². The summed E-state index contributed by atoms with van der Waals surface area (Å²) in [4.78, 5) is 0. The largest absolute Gasteiger partial charge is 0.315 e. The summed E-state index contributed by atoms with van der Waals surface area (Å²) in [6, 6.07) is 0.0735. The molecule has 0 spiro atoms. The Hall–Kier alpha value is -0.170. The van der Waals surface area contributed by atoms with Crippen LogP contribution in [0.2, 0.25) is 0 Å². The van der Waals surface area contributed by atoms with Crippen LogP contribution in [0.1, 0.15) is 26.2 Å². The van der Waals surface area contributed by atoms with Crippen LogP contribution < -0.4 is 10.0 Å². The third kappa shape index (κ3) is 2.94. The summed E-state index contributed by atoms with van der Waals surface area (Å²) in [7, 11) is -3.25. The molecule has 0 bridgehead atoms. The second-order valence-electron chi connectivity index (χ2n) is 4.89. The molecule has 0 aliphatic carbocycles. The smallest absolute Gasteiger partial charge is 0.279 e. The van der Waals surface area contributed by atoms with Gasteiger partial charge in [-0.05, 0) is 31.7 Å². The summed E-state index contributed by atoms with van der Waals surface area (Å²) in [5.41, 5.74) is 0. The van der Waals surface area contributed by atoms with E-state index >= 15 is 0 Å². The van der Waals surface area contributed by atoms with Gasteiger partial charge in [0, 0.05) is 25.7 Å². The summed E-state index contributed by atoms with van der Waals surface area (Å²) in [5, 5.41) is 3.16. The highest BCUT2D eigenvalue weighted by Gasteiger charge is 2.29. The molecule has 2 aliphatic heterocycles. The predicted octanol–water partition coefficient (Wildman–Crippen LogP) is -0.0854. The highest BCUT2D eigenvalue weighted by Crippen LogP contribution is 2.18.